The molecule has 2 N–H and O–H groups in total. The molecule has 0 bridgehead atoms. The summed E-state index contributed by atoms with van der Waals surface area (Å²) < 4.78 is 28.9. The lowest BCUT2D eigenvalue weighted by Crippen LogP contribution is -2.46. The number of sulfonamides is 1. The van der Waals surface area contributed by atoms with Gasteiger partial charge >= 0.3 is 0 Å². The first kappa shape index (κ1) is 13.5. The maximum Gasteiger partial charge on any atom is 0.244 e. The molecule has 2 atom stereocenters. The zero-order valence-electron chi connectivity index (χ0n) is 11.0. The molecule has 0 saturated carbocycles. The molecule has 0 aliphatic carbocycles. The molecule has 2 unspecified atom stereocenters. The minimum absolute atomic E-state index is 0.00542. The summed E-state index contributed by atoms with van der Waals surface area (Å²) >= 11 is 0. The fourth-order valence-corrected chi connectivity index (χ4v) is 3.75. The molecule has 1 saturated heterocycles. The molecule has 0 spiro atoms. The van der Waals surface area contributed by atoms with Gasteiger partial charge in [0.25, 0.3) is 0 Å². The van der Waals surface area contributed by atoms with Crippen molar-refractivity contribution in [3.05, 3.63) is 11.9 Å². The second kappa shape index (κ2) is 4.99. The number of aryl methyl sites for hydroxylation is 1. The molecule has 1 aromatic rings. The first-order valence-electron chi connectivity index (χ1n) is 6.14. The number of hydrogen-bond donors (Lipinski definition) is 2. The lowest BCUT2D eigenvalue weighted by molar-refractivity contribution is 0.361. The maximum absolute atomic E-state index is 12.3. The van der Waals surface area contributed by atoms with Gasteiger partial charge < -0.3 is 5.32 Å². The number of nitrogens with one attached hydrogen (secondary N) is 2. The zero-order chi connectivity index (χ0) is 13.3. The Morgan fingerprint density at radius 3 is 2.83 bits per heavy atom. The number of nitrogens with zero attached hydrogens (tertiary/aromatic N) is 2. The summed E-state index contributed by atoms with van der Waals surface area (Å²) in [6.45, 7) is 4.67. The molecule has 0 amide bonds. The van der Waals surface area contributed by atoms with E-state index in [1.54, 1.807) is 18.7 Å². The highest BCUT2D eigenvalue weighted by molar-refractivity contribution is 7.89. The Balaban J connectivity index is 2.14. The lowest BCUT2D eigenvalue weighted by Gasteiger charge is -2.28. The van der Waals surface area contributed by atoms with Crippen LogP contribution in [0.1, 0.15) is 25.5 Å². The van der Waals surface area contributed by atoms with Crippen LogP contribution in [0.2, 0.25) is 0 Å². The normalized spacial score (nSPS) is 25.3. The molecule has 0 aromatic carbocycles. The molecule has 1 aliphatic rings. The number of piperidine rings is 1. The topological polar surface area (TPSA) is 76.0 Å². The standard InChI is InChI=1S/C11H20N4O2S/c1-8-6-10(4-5-12-8)14-18(16,17)11-7-13-15(3)9(11)2/h7-8,10,12,14H,4-6H2,1-3H3. The van der Waals surface area contributed by atoms with Crippen molar-refractivity contribution in [1.29, 1.82) is 0 Å². The van der Waals surface area contributed by atoms with E-state index >= 15 is 0 Å². The summed E-state index contributed by atoms with van der Waals surface area (Å²) in [5.41, 5.74) is 0.657. The third kappa shape index (κ3) is 2.73. The summed E-state index contributed by atoms with van der Waals surface area (Å²) in [4.78, 5) is 0.274. The Hall–Kier alpha value is -0.920. The molecule has 1 aromatic heterocycles. The molecule has 2 heterocycles. The molecule has 7 heteroatoms. The Labute approximate surface area is 108 Å². The van der Waals surface area contributed by atoms with Crippen LogP contribution in [0.15, 0.2) is 11.1 Å². The van der Waals surface area contributed by atoms with Crippen LogP contribution in [0.4, 0.5) is 0 Å². The number of aromatic nitrogens is 2. The number of hydrogen-bond acceptors (Lipinski definition) is 4. The van der Waals surface area contributed by atoms with Crippen LogP contribution >= 0.6 is 0 Å². The van der Waals surface area contributed by atoms with Gasteiger partial charge in [-0.1, -0.05) is 0 Å². The van der Waals surface area contributed by atoms with Gasteiger partial charge in [-0.2, -0.15) is 5.10 Å². The van der Waals surface area contributed by atoms with Gasteiger partial charge in [-0.3, -0.25) is 4.68 Å². The average molecular weight is 272 g/mol. The average Bonchev–Trinajstić information content (AvgIpc) is 2.59. The van der Waals surface area contributed by atoms with Gasteiger partial charge in [0.15, 0.2) is 0 Å². The third-order valence-corrected chi connectivity index (χ3v) is 5.05. The minimum Gasteiger partial charge on any atom is -0.314 e. The Morgan fingerprint density at radius 2 is 2.28 bits per heavy atom. The van der Waals surface area contributed by atoms with Crippen LogP contribution in [0.5, 0.6) is 0 Å². The molecule has 1 aliphatic heterocycles. The van der Waals surface area contributed by atoms with E-state index in [0.29, 0.717) is 11.7 Å². The third-order valence-electron chi connectivity index (χ3n) is 3.43. The molecular formula is C11H20N4O2S. The van der Waals surface area contributed by atoms with E-state index in [1.165, 1.54) is 6.20 Å². The lowest BCUT2D eigenvalue weighted by atomic mass is 10.0. The predicted molar refractivity (Wildman–Crippen MR) is 68.8 cm³/mol. The van der Waals surface area contributed by atoms with E-state index in [4.69, 9.17) is 0 Å². The van der Waals surface area contributed by atoms with Gasteiger partial charge in [-0.05, 0) is 33.2 Å². The summed E-state index contributed by atoms with van der Waals surface area (Å²) in [5, 5.41) is 7.28. The first-order chi connectivity index (χ1) is 8.40. The van der Waals surface area contributed by atoms with E-state index in [0.717, 1.165) is 19.4 Å². The van der Waals surface area contributed by atoms with Crippen molar-refractivity contribution in [2.75, 3.05) is 6.54 Å². The number of rotatable bonds is 3. The highest BCUT2D eigenvalue weighted by Gasteiger charge is 2.26. The van der Waals surface area contributed by atoms with Crippen LogP contribution in [-0.2, 0) is 17.1 Å². The van der Waals surface area contributed by atoms with Crippen molar-refractivity contribution in [2.24, 2.45) is 7.05 Å². The largest absolute Gasteiger partial charge is 0.314 e. The van der Waals surface area contributed by atoms with Crippen molar-refractivity contribution in [3.8, 4) is 0 Å². The molecule has 2 rings (SSSR count). The fourth-order valence-electron chi connectivity index (χ4n) is 2.26. The summed E-state index contributed by atoms with van der Waals surface area (Å²) in [5.74, 6) is 0. The minimum atomic E-state index is -3.45. The fraction of sp³-hybridized carbons (Fsp3) is 0.727. The van der Waals surface area contributed by atoms with Crippen LogP contribution in [-0.4, -0.2) is 36.8 Å². The van der Waals surface area contributed by atoms with Crippen molar-refractivity contribution in [2.45, 2.75) is 43.7 Å². The smallest absolute Gasteiger partial charge is 0.244 e. The highest BCUT2D eigenvalue weighted by atomic mass is 32.2. The monoisotopic (exact) mass is 272 g/mol. The predicted octanol–water partition coefficient (Wildman–Crippen LogP) is 0.147. The summed E-state index contributed by atoms with van der Waals surface area (Å²) in [6, 6.07) is 0.354. The maximum atomic E-state index is 12.3. The van der Waals surface area contributed by atoms with Crippen molar-refractivity contribution in [1.82, 2.24) is 19.8 Å². The van der Waals surface area contributed by atoms with Gasteiger partial charge in [0, 0.05) is 19.1 Å². The molecule has 6 nitrogen and oxygen atoms in total. The van der Waals surface area contributed by atoms with Gasteiger partial charge in [0.2, 0.25) is 10.0 Å². The molecule has 0 radical (unpaired) electrons. The quantitative estimate of drug-likeness (QED) is 0.821. The van der Waals surface area contributed by atoms with E-state index in [1.807, 2.05) is 0 Å². The van der Waals surface area contributed by atoms with Crippen molar-refractivity contribution >= 4 is 10.0 Å². The molecule has 18 heavy (non-hydrogen) atoms. The second-order valence-electron chi connectivity index (χ2n) is 4.92. The van der Waals surface area contributed by atoms with Crippen LogP contribution in [0.3, 0.4) is 0 Å². The van der Waals surface area contributed by atoms with Crippen LogP contribution in [0, 0.1) is 6.92 Å². The zero-order valence-corrected chi connectivity index (χ0v) is 11.8. The van der Waals surface area contributed by atoms with Crippen molar-refractivity contribution < 1.29 is 8.42 Å². The molecular weight excluding hydrogens is 252 g/mol. The highest BCUT2D eigenvalue weighted by Crippen LogP contribution is 2.16. The SMILES string of the molecule is Cc1c(S(=O)(=O)NC2CCNC(C)C2)cnn1C. The Morgan fingerprint density at radius 1 is 1.56 bits per heavy atom. The van der Waals surface area contributed by atoms with E-state index in [9.17, 15) is 8.42 Å². The van der Waals surface area contributed by atoms with Gasteiger partial charge in [0.1, 0.15) is 4.90 Å². The van der Waals surface area contributed by atoms with Gasteiger partial charge in [-0.15, -0.1) is 0 Å². The molecule has 1 fully saturated rings. The second-order valence-corrected chi connectivity index (χ2v) is 6.60. The first-order valence-corrected chi connectivity index (χ1v) is 7.63. The Bertz CT molecular complexity index is 523. The van der Waals surface area contributed by atoms with Crippen molar-refractivity contribution in [3.63, 3.8) is 0 Å². The van der Waals surface area contributed by atoms with E-state index in [2.05, 4.69) is 22.1 Å². The van der Waals surface area contributed by atoms with E-state index < -0.39 is 10.0 Å². The summed E-state index contributed by atoms with van der Waals surface area (Å²) in [6.07, 6.45) is 3.05. The Kier molecular flexibility index (Phi) is 3.74. The molecule has 102 valence electrons. The van der Waals surface area contributed by atoms with E-state index in [-0.39, 0.29) is 10.9 Å². The van der Waals surface area contributed by atoms with Gasteiger partial charge in [-0.25, -0.2) is 13.1 Å². The summed E-state index contributed by atoms with van der Waals surface area (Å²) in [7, 11) is -1.72. The van der Waals surface area contributed by atoms with Gasteiger partial charge in [0.05, 0.1) is 11.9 Å². The van der Waals surface area contributed by atoms with Crippen LogP contribution < -0.4 is 10.0 Å². The van der Waals surface area contributed by atoms with Crippen LogP contribution in [0.25, 0.3) is 0 Å².